The van der Waals surface area contributed by atoms with Gasteiger partial charge in [-0.25, -0.2) is 0 Å². The number of hydrogen-bond acceptors (Lipinski definition) is 3. The summed E-state index contributed by atoms with van der Waals surface area (Å²) in [7, 11) is 0. The van der Waals surface area contributed by atoms with Crippen molar-refractivity contribution in [3.8, 4) is 0 Å². The lowest BCUT2D eigenvalue weighted by atomic mass is 10.1. The third-order valence-electron chi connectivity index (χ3n) is 4.36. The Labute approximate surface area is 150 Å². The monoisotopic (exact) mass is 340 g/mol. The number of nitrogens with one attached hydrogen (secondary N) is 2. The van der Waals surface area contributed by atoms with Crippen molar-refractivity contribution in [3.05, 3.63) is 65.2 Å². The molecule has 0 aliphatic carbocycles. The van der Waals surface area contributed by atoms with Gasteiger partial charge in [0.15, 0.2) is 0 Å². The summed E-state index contributed by atoms with van der Waals surface area (Å²) < 4.78 is 0. The van der Waals surface area contributed by atoms with Gasteiger partial charge < -0.3 is 15.7 Å². The van der Waals surface area contributed by atoms with E-state index in [1.165, 1.54) is 11.1 Å². The molecule has 0 radical (unpaired) electrons. The molecule has 2 atom stereocenters. The first-order valence-corrected chi connectivity index (χ1v) is 8.84. The van der Waals surface area contributed by atoms with Crippen LogP contribution in [-0.4, -0.2) is 23.7 Å². The van der Waals surface area contributed by atoms with Crippen LogP contribution in [0.2, 0.25) is 0 Å². The predicted octanol–water partition coefficient (Wildman–Crippen LogP) is 3.60. The van der Waals surface area contributed by atoms with Gasteiger partial charge in [-0.05, 0) is 43.5 Å². The van der Waals surface area contributed by atoms with Crippen molar-refractivity contribution in [1.29, 1.82) is 0 Å². The number of carbonyl (C=O) groups excluding carboxylic acids is 1. The molecule has 0 saturated carbocycles. The van der Waals surface area contributed by atoms with Crippen molar-refractivity contribution < 1.29 is 9.90 Å². The molecule has 0 aliphatic rings. The minimum atomic E-state index is -0.163. The van der Waals surface area contributed by atoms with Crippen molar-refractivity contribution >= 4 is 11.6 Å². The standard InChI is InChI=1S/C21H28N2O2/c1-4-19(14-24)23-21(25)13-17-7-11-20(12-8-17)22-16(3)18-9-5-15(2)6-10-18/h5-12,16,19,22,24H,4,13-14H2,1-3H3,(H,23,25). The predicted molar refractivity (Wildman–Crippen MR) is 103 cm³/mol. The maximum absolute atomic E-state index is 12.0. The van der Waals surface area contributed by atoms with E-state index < -0.39 is 0 Å². The molecule has 2 aromatic rings. The van der Waals surface area contributed by atoms with E-state index in [1.807, 2.05) is 31.2 Å². The highest BCUT2D eigenvalue weighted by Crippen LogP contribution is 2.20. The van der Waals surface area contributed by atoms with E-state index in [4.69, 9.17) is 5.11 Å². The molecule has 2 unspecified atom stereocenters. The number of benzene rings is 2. The smallest absolute Gasteiger partial charge is 0.224 e. The van der Waals surface area contributed by atoms with Gasteiger partial charge in [0.25, 0.3) is 0 Å². The minimum absolute atomic E-state index is 0.0258. The van der Waals surface area contributed by atoms with E-state index in [9.17, 15) is 4.79 Å². The SMILES string of the molecule is CCC(CO)NC(=O)Cc1ccc(NC(C)c2ccc(C)cc2)cc1. The van der Waals surface area contributed by atoms with Crippen molar-refractivity contribution in [2.24, 2.45) is 0 Å². The lowest BCUT2D eigenvalue weighted by Gasteiger charge is -2.17. The number of aliphatic hydroxyl groups excluding tert-OH is 1. The van der Waals surface area contributed by atoms with Crippen LogP contribution in [0.15, 0.2) is 48.5 Å². The van der Waals surface area contributed by atoms with Crippen LogP contribution in [0, 0.1) is 6.92 Å². The molecule has 3 N–H and O–H groups in total. The Kier molecular flexibility index (Phi) is 7.02. The Bertz CT molecular complexity index is 661. The Morgan fingerprint density at radius 2 is 1.72 bits per heavy atom. The Balaban J connectivity index is 1.91. The number of aliphatic hydroxyl groups is 1. The normalized spacial score (nSPS) is 13.1. The first-order chi connectivity index (χ1) is 12.0. The van der Waals surface area contributed by atoms with E-state index in [-0.39, 0.29) is 24.6 Å². The van der Waals surface area contributed by atoms with Crippen LogP contribution in [0.25, 0.3) is 0 Å². The van der Waals surface area contributed by atoms with Gasteiger partial charge in [0, 0.05) is 11.7 Å². The van der Waals surface area contributed by atoms with Crippen LogP contribution in [0.4, 0.5) is 5.69 Å². The zero-order chi connectivity index (χ0) is 18.2. The summed E-state index contributed by atoms with van der Waals surface area (Å²) >= 11 is 0. The molecule has 25 heavy (non-hydrogen) atoms. The van der Waals surface area contributed by atoms with Gasteiger partial charge in [0.05, 0.1) is 19.1 Å². The second-order valence-corrected chi connectivity index (χ2v) is 6.51. The summed E-state index contributed by atoms with van der Waals surface area (Å²) in [4.78, 5) is 12.0. The molecule has 0 bridgehead atoms. The average molecular weight is 340 g/mol. The van der Waals surface area contributed by atoms with Gasteiger partial charge in [-0.1, -0.05) is 48.9 Å². The molecule has 4 heteroatoms. The number of rotatable bonds is 8. The summed E-state index contributed by atoms with van der Waals surface area (Å²) in [6.07, 6.45) is 1.05. The molecule has 134 valence electrons. The zero-order valence-corrected chi connectivity index (χ0v) is 15.3. The number of carbonyl (C=O) groups is 1. The van der Waals surface area contributed by atoms with Crippen molar-refractivity contribution in [3.63, 3.8) is 0 Å². The second kappa shape index (κ2) is 9.23. The number of aryl methyl sites for hydroxylation is 1. The molecule has 0 aromatic heterocycles. The average Bonchev–Trinajstić information content (AvgIpc) is 2.61. The quantitative estimate of drug-likeness (QED) is 0.688. The Morgan fingerprint density at radius 1 is 1.08 bits per heavy atom. The molecule has 2 aromatic carbocycles. The second-order valence-electron chi connectivity index (χ2n) is 6.51. The molecule has 1 amide bonds. The Morgan fingerprint density at radius 3 is 2.28 bits per heavy atom. The number of amides is 1. The molecular formula is C21H28N2O2. The molecule has 0 fully saturated rings. The van der Waals surface area contributed by atoms with Gasteiger partial charge in [0.1, 0.15) is 0 Å². The first-order valence-electron chi connectivity index (χ1n) is 8.84. The molecule has 0 aliphatic heterocycles. The van der Waals surface area contributed by atoms with Crippen molar-refractivity contribution in [2.45, 2.75) is 45.7 Å². The summed E-state index contributed by atoms with van der Waals surface area (Å²) in [6.45, 7) is 6.13. The summed E-state index contributed by atoms with van der Waals surface area (Å²) in [5.41, 5.74) is 4.48. The molecule has 4 nitrogen and oxygen atoms in total. The van der Waals surface area contributed by atoms with Crippen LogP contribution in [0.5, 0.6) is 0 Å². The van der Waals surface area contributed by atoms with Crippen molar-refractivity contribution in [1.82, 2.24) is 5.32 Å². The largest absolute Gasteiger partial charge is 0.394 e. The maximum atomic E-state index is 12.0. The van der Waals surface area contributed by atoms with E-state index in [1.54, 1.807) is 0 Å². The molecule has 0 spiro atoms. The molecular weight excluding hydrogens is 312 g/mol. The number of hydrogen-bond donors (Lipinski definition) is 3. The molecule has 2 rings (SSSR count). The van der Waals surface area contributed by atoms with Gasteiger partial charge in [-0.2, -0.15) is 0 Å². The fourth-order valence-corrected chi connectivity index (χ4v) is 2.65. The highest BCUT2D eigenvalue weighted by Gasteiger charge is 2.10. The lowest BCUT2D eigenvalue weighted by molar-refractivity contribution is -0.121. The van der Waals surface area contributed by atoms with Crippen LogP contribution in [-0.2, 0) is 11.2 Å². The van der Waals surface area contributed by atoms with Crippen LogP contribution in [0.3, 0.4) is 0 Å². The van der Waals surface area contributed by atoms with E-state index in [0.717, 1.165) is 17.7 Å². The maximum Gasteiger partial charge on any atom is 0.224 e. The zero-order valence-electron chi connectivity index (χ0n) is 15.3. The van der Waals surface area contributed by atoms with Crippen LogP contribution >= 0.6 is 0 Å². The summed E-state index contributed by atoms with van der Waals surface area (Å²) in [6, 6.07) is 16.5. The highest BCUT2D eigenvalue weighted by molar-refractivity contribution is 5.79. The van der Waals surface area contributed by atoms with E-state index in [0.29, 0.717) is 6.42 Å². The third kappa shape index (κ3) is 5.91. The number of anilines is 1. The topological polar surface area (TPSA) is 61.4 Å². The van der Waals surface area contributed by atoms with Crippen LogP contribution < -0.4 is 10.6 Å². The summed E-state index contributed by atoms with van der Waals surface area (Å²) in [5.74, 6) is -0.0605. The minimum Gasteiger partial charge on any atom is -0.394 e. The van der Waals surface area contributed by atoms with Gasteiger partial charge in [-0.3, -0.25) is 4.79 Å². The van der Waals surface area contributed by atoms with Gasteiger partial charge in [0.2, 0.25) is 5.91 Å². The van der Waals surface area contributed by atoms with Crippen LogP contribution in [0.1, 0.15) is 43.0 Å². The first kappa shape index (κ1) is 19.0. The molecule has 0 heterocycles. The fourth-order valence-electron chi connectivity index (χ4n) is 2.65. The fraction of sp³-hybridized carbons (Fsp3) is 0.381. The summed E-state index contributed by atoms with van der Waals surface area (Å²) in [5, 5.41) is 15.5. The van der Waals surface area contributed by atoms with E-state index >= 15 is 0 Å². The van der Waals surface area contributed by atoms with Gasteiger partial charge >= 0.3 is 0 Å². The van der Waals surface area contributed by atoms with Gasteiger partial charge in [-0.15, -0.1) is 0 Å². The Hall–Kier alpha value is -2.33. The highest BCUT2D eigenvalue weighted by atomic mass is 16.3. The molecule has 0 saturated heterocycles. The lowest BCUT2D eigenvalue weighted by Crippen LogP contribution is -2.37. The van der Waals surface area contributed by atoms with E-state index in [2.05, 4.69) is 48.7 Å². The van der Waals surface area contributed by atoms with Crippen molar-refractivity contribution in [2.75, 3.05) is 11.9 Å². The third-order valence-corrected chi connectivity index (χ3v) is 4.36.